The highest BCUT2D eigenvalue weighted by Crippen LogP contribution is 2.55. The Bertz CT molecular complexity index is 753. The molecule has 0 atom stereocenters. The minimum Gasteiger partial charge on any atom is -1.00 e. The van der Waals surface area contributed by atoms with E-state index in [4.69, 9.17) is 0 Å². The first-order valence-electron chi connectivity index (χ1n) is 10.6. The van der Waals surface area contributed by atoms with E-state index in [1.54, 1.807) is 0 Å². The maximum absolute atomic E-state index is 3.52. The summed E-state index contributed by atoms with van der Waals surface area (Å²) in [4.78, 5) is 0. The summed E-state index contributed by atoms with van der Waals surface area (Å²) in [6.07, 6.45) is 12.3. The van der Waals surface area contributed by atoms with Crippen LogP contribution in [0.2, 0.25) is 0 Å². The average Bonchev–Trinajstić information content (AvgIpc) is 2.80. The second-order valence-corrected chi connectivity index (χ2v) is 11.7. The van der Waals surface area contributed by atoms with Crippen LogP contribution in [-0.2, 0) is 0 Å². The molecule has 0 aliphatic heterocycles. The van der Waals surface area contributed by atoms with Crippen molar-refractivity contribution in [3.63, 3.8) is 0 Å². The number of halogens is 2. The molecule has 0 amide bonds. The number of alkyl halides is 1. The SMILES string of the molecule is BrCCCCCCC=CC[P+](c1ccccc1)(c1ccccc1)c1ccccc1.[I-]. The lowest BCUT2D eigenvalue weighted by Crippen LogP contribution is -3.00. The molecule has 0 saturated heterocycles. The molecule has 0 unspecified atom stereocenters. The monoisotopic (exact) mass is 592 g/mol. The highest BCUT2D eigenvalue weighted by atomic mass is 127. The first kappa shape index (κ1) is 25.3. The van der Waals surface area contributed by atoms with E-state index in [1.165, 1.54) is 48.0 Å². The Labute approximate surface area is 208 Å². The fraction of sp³-hybridized carbons (Fsp3) is 0.259. The van der Waals surface area contributed by atoms with E-state index in [0.717, 1.165) is 11.5 Å². The molecule has 30 heavy (non-hydrogen) atoms. The van der Waals surface area contributed by atoms with Crippen LogP contribution in [0.5, 0.6) is 0 Å². The van der Waals surface area contributed by atoms with Crippen LogP contribution in [0.3, 0.4) is 0 Å². The number of hydrogen-bond acceptors (Lipinski definition) is 0. The van der Waals surface area contributed by atoms with Crippen LogP contribution in [0.15, 0.2) is 103 Å². The highest BCUT2D eigenvalue weighted by molar-refractivity contribution is 9.09. The number of hydrogen-bond donors (Lipinski definition) is 0. The van der Waals surface area contributed by atoms with Crippen molar-refractivity contribution in [2.45, 2.75) is 32.1 Å². The van der Waals surface area contributed by atoms with Gasteiger partial charge in [0, 0.05) is 5.33 Å². The lowest BCUT2D eigenvalue weighted by molar-refractivity contribution is -0.00000563. The average molecular weight is 593 g/mol. The van der Waals surface area contributed by atoms with E-state index >= 15 is 0 Å². The van der Waals surface area contributed by atoms with Crippen LogP contribution < -0.4 is 39.9 Å². The Morgan fingerprint density at radius 1 is 0.567 bits per heavy atom. The standard InChI is InChI=1S/C27H31BrP.HI/c28-23-15-4-2-1-3-5-16-24-29(25-17-9-6-10-18-25,26-19-11-7-12-20-26)27-21-13-8-14-22-27;/h5-14,16-22H,1-4,15,23-24H2;1H/q+1;/p-1. The van der Waals surface area contributed by atoms with Gasteiger partial charge >= 0.3 is 0 Å². The van der Waals surface area contributed by atoms with Crippen LogP contribution >= 0.6 is 23.2 Å². The summed E-state index contributed by atoms with van der Waals surface area (Å²) in [5.74, 6) is 0. The van der Waals surface area contributed by atoms with Crippen LogP contribution in [-0.4, -0.2) is 11.5 Å². The molecule has 0 nitrogen and oxygen atoms in total. The van der Waals surface area contributed by atoms with Gasteiger partial charge in [-0.05, 0) is 55.7 Å². The molecule has 3 aromatic rings. The number of allylic oxidation sites excluding steroid dienone is 2. The van der Waals surface area contributed by atoms with E-state index in [-0.39, 0.29) is 24.0 Å². The summed E-state index contributed by atoms with van der Waals surface area (Å²) in [5.41, 5.74) is 0. The van der Waals surface area contributed by atoms with Crippen LogP contribution in [0.4, 0.5) is 0 Å². The topological polar surface area (TPSA) is 0 Å². The molecule has 0 spiro atoms. The first-order valence-corrected chi connectivity index (χ1v) is 13.7. The summed E-state index contributed by atoms with van der Waals surface area (Å²) in [7, 11) is -1.71. The van der Waals surface area contributed by atoms with Crippen molar-refractivity contribution in [1.82, 2.24) is 0 Å². The highest BCUT2D eigenvalue weighted by Gasteiger charge is 2.43. The molecule has 0 fully saturated rings. The summed E-state index contributed by atoms with van der Waals surface area (Å²) < 4.78 is 0. The van der Waals surface area contributed by atoms with E-state index < -0.39 is 7.26 Å². The fourth-order valence-corrected chi connectivity index (χ4v) is 8.30. The molecule has 0 saturated carbocycles. The zero-order valence-electron chi connectivity index (χ0n) is 17.5. The Morgan fingerprint density at radius 3 is 1.43 bits per heavy atom. The van der Waals surface area contributed by atoms with Gasteiger partial charge in [-0.1, -0.05) is 95.5 Å². The minimum absolute atomic E-state index is 0. The molecule has 0 bridgehead atoms. The molecule has 3 rings (SSSR count). The molecule has 3 aromatic carbocycles. The van der Waals surface area contributed by atoms with Crippen molar-refractivity contribution < 1.29 is 24.0 Å². The van der Waals surface area contributed by atoms with E-state index in [9.17, 15) is 0 Å². The Morgan fingerprint density at radius 2 is 1.00 bits per heavy atom. The van der Waals surface area contributed by atoms with Gasteiger partial charge in [-0.25, -0.2) is 0 Å². The molecule has 0 aliphatic rings. The van der Waals surface area contributed by atoms with E-state index in [2.05, 4.69) is 119 Å². The number of rotatable bonds is 11. The van der Waals surface area contributed by atoms with Gasteiger partial charge in [-0.2, -0.15) is 0 Å². The van der Waals surface area contributed by atoms with Crippen molar-refractivity contribution in [2.75, 3.05) is 11.5 Å². The lowest BCUT2D eigenvalue weighted by atomic mass is 10.1. The zero-order chi connectivity index (χ0) is 20.2. The second kappa shape index (κ2) is 14.2. The molecular weight excluding hydrogens is 562 g/mol. The normalized spacial score (nSPS) is 11.4. The lowest BCUT2D eigenvalue weighted by Gasteiger charge is -2.26. The van der Waals surface area contributed by atoms with Gasteiger partial charge in [0.15, 0.2) is 0 Å². The summed E-state index contributed by atoms with van der Waals surface area (Å²) in [6.45, 7) is 0. The van der Waals surface area contributed by atoms with E-state index in [0.29, 0.717) is 0 Å². The minimum atomic E-state index is -1.71. The van der Waals surface area contributed by atoms with Gasteiger partial charge in [0.05, 0.1) is 6.16 Å². The van der Waals surface area contributed by atoms with Crippen LogP contribution in [0.1, 0.15) is 32.1 Å². The molecule has 3 heteroatoms. The maximum atomic E-state index is 3.52. The molecule has 0 N–H and O–H groups in total. The Balaban J connectivity index is 0.00000320. The van der Waals surface area contributed by atoms with Gasteiger partial charge in [0.25, 0.3) is 0 Å². The Kier molecular flexibility index (Phi) is 11.9. The number of unbranched alkanes of at least 4 members (excludes halogenated alkanes) is 4. The summed E-state index contributed by atoms with van der Waals surface area (Å²) in [6, 6.07) is 33.4. The van der Waals surface area contributed by atoms with Gasteiger partial charge in [-0.3, -0.25) is 0 Å². The van der Waals surface area contributed by atoms with Gasteiger partial charge < -0.3 is 24.0 Å². The van der Waals surface area contributed by atoms with Gasteiger partial charge in [0.1, 0.15) is 23.2 Å². The van der Waals surface area contributed by atoms with Crippen molar-refractivity contribution in [3.05, 3.63) is 103 Å². The third-order valence-corrected chi connectivity index (χ3v) is 10.2. The quantitative estimate of drug-likeness (QED) is 0.104. The molecular formula is C27H31BrIP. The maximum Gasteiger partial charge on any atom is 0.115 e. The molecule has 0 aliphatic carbocycles. The predicted octanol–water partition coefficient (Wildman–Crippen LogP) is 3.89. The predicted molar refractivity (Wildman–Crippen MR) is 136 cm³/mol. The fourth-order valence-electron chi connectivity index (χ4n) is 3.87. The van der Waals surface area contributed by atoms with Crippen molar-refractivity contribution >= 4 is 39.1 Å². The molecule has 0 heterocycles. The van der Waals surface area contributed by atoms with Crippen molar-refractivity contribution in [2.24, 2.45) is 0 Å². The van der Waals surface area contributed by atoms with Gasteiger partial charge in [0.2, 0.25) is 0 Å². The van der Waals surface area contributed by atoms with Gasteiger partial charge in [-0.15, -0.1) is 0 Å². The Hall–Kier alpha value is -0.960. The van der Waals surface area contributed by atoms with Crippen LogP contribution in [0, 0.1) is 0 Å². The number of benzene rings is 3. The van der Waals surface area contributed by atoms with E-state index in [1.807, 2.05) is 0 Å². The van der Waals surface area contributed by atoms with Crippen molar-refractivity contribution in [1.29, 1.82) is 0 Å². The summed E-state index contributed by atoms with van der Waals surface area (Å²) in [5, 5.41) is 5.50. The first-order chi connectivity index (χ1) is 14.4. The largest absolute Gasteiger partial charge is 1.00 e. The second-order valence-electron chi connectivity index (χ2n) is 7.36. The third-order valence-electron chi connectivity index (χ3n) is 5.39. The molecule has 0 aromatic heterocycles. The molecule has 0 radical (unpaired) electrons. The van der Waals surface area contributed by atoms with Crippen molar-refractivity contribution in [3.8, 4) is 0 Å². The van der Waals surface area contributed by atoms with Crippen LogP contribution in [0.25, 0.3) is 0 Å². The smallest absolute Gasteiger partial charge is 0.115 e. The summed E-state index contributed by atoms with van der Waals surface area (Å²) >= 11 is 3.52. The molecule has 158 valence electrons. The third kappa shape index (κ3) is 6.77. The zero-order valence-corrected chi connectivity index (χ0v) is 22.1.